The van der Waals surface area contributed by atoms with E-state index in [4.69, 9.17) is 4.74 Å². The number of pyridine rings is 1. The van der Waals surface area contributed by atoms with Crippen LogP contribution in [0.5, 0.6) is 0 Å². The van der Waals surface area contributed by atoms with Gasteiger partial charge in [0.25, 0.3) is 0 Å². The Morgan fingerprint density at radius 1 is 1.10 bits per heavy atom. The Morgan fingerprint density at radius 2 is 1.87 bits per heavy atom. The SMILES string of the molecule is Cc1cc(C(C=O)c2cc3ccccc3cn2)cc2cn(COCC[Si](C)(C)C)nc12. The number of benzene rings is 2. The first-order valence-corrected chi connectivity index (χ1v) is 14.4. The van der Waals surface area contributed by atoms with Gasteiger partial charge in [0.2, 0.25) is 0 Å². The molecule has 4 rings (SSSR count). The van der Waals surface area contributed by atoms with E-state index < -0.39 is 14.0 Å². The number of carbonyl (C=O) groups is 1. The fourth-order valence-electron chi connectivity index (χ4n) is 3.76. The number of aryl methyl sites for hydroxylation is 1. The van der Waals surface area contributed by atoms with Crippen LogP contribution in [-0.4, -0.2) is 35.7 Å². The van der Waals surface area contributed by atoms with Crippen LogP contribution in [-0.2, 0) is 16.3 Å². The van der Waals surface area contributed by atoms with E-state index in [2.05, 4.69) is 29.7 Å². The van der Waals surface area contributed by atoms with E-state index in [-0.39, 0.29) is 0 Å². The Hall–Kier alpha value is -2.83. The molecule has 2 aromatic carbocycles. The highest BCUT2D eigenvalue weighted by atomic mass is 28.3. The number of carbonyl (C=O) groups excluding carboxylic acids is 1. The minimum Gasteiger partial charge on any atom is -0.360 e. The molecule has 2 aromatic heterocycles. The van der Waals surface area contributed by atoms with Gasteiger partial charge in [0.05, 0.1) is 17.1 Å². The van der Waals surface area contributed by atoms with Gasteiger partial charge in [-0.3, -0.25) is 4.98 Å². The molecule has 0 fully saturated rings. The second-order valence-corrected chi connectivity index (χ2v) is 15.0. The summed E-state index contributed by atoms with van der Waals surface area (Å²) in [7, 11) is -1.10. The van der Waals surface area contributed by atoms with Gasteiger partial charge >= 0.3 is 0 Å². The van der Waals surface area contributed by atoms with Gasteiger partial charge in [-0.05, 0) is 41.6 Å². The average molecular weight is 432 g/mol. The number of nitrogens with zero attached hydrogens (tertiary/aromatic N) is 3. The van der Waals surface area contributed by atoms with E-state index >= 15 is 0 Å². The molecule has 2 heterocycles. The molecule has 0 saturated carbocycles. The summed E-state index contributed by atoms with van der Waals surface area (Å²) in [6, 6.07) is 15.3. The largest absolute Gasteiger partial charge is 0.360 e. The Labute approximate surface area is 184 Å². The summed E-state index contributed by atoms with van der Waals surface area (Å²) in [5.41, 5.74) is 3.67. The number of fused-ring (bicyclic) bond motifs is 2. The molecule has 0 aliphatic rings. The summed E-state index contributed by atoms with van der Waals surface area (Å²) in [5.74, 6) is -0.413. The molecule has 4 aromatic rings. The standard InChI is InChI=1S/C25H29N3O2Si/c1-18-11-21(23(16-29)24-13-19-7-5-6-8-20(19)14-26-24)12-22-15-28(27-25(18)22)17-30-9-10-31(2,3)4/h5-8,11-16,23H,9-10,17H2,1-4H3. The van der Waals surface area contributed by atoms with Gasteiger partial charge in [0.15, 0.2) is 0 Å². The Kier molecular flexibility index (Phi) is 6.02. The van der Waals surface area contributed by atoms with E-state index in [0.29, 0.717) is 6.73 Å². The van der Waals surface area contributed by atoms with Crippen LogP contribution in [0.1, 0.15) is 22.7 Å². The summed E-state index contributed by atoms with van der Waals surface area (Å²) in [6.45, 7) is 10.3. The van der Waals surface area contributed by atoms with Gasteiger partial charge in [-0.2, -0.15) is 5.10 Å². The van der Waals surface area contributed by atoms with Crippen LogP contribution in [0.15, 0.2) is 54.9 Å². The van der Waals surface area contributed by atoms with E-state index in [1.54, 1.807) is 0 Å². The van der Waals surface area contributed by atoms with Gasteiger partial charge < -0.3 is 9.53 Å². The van der Waals surface area contributed by atoms with Crippen LogP contribution < -0.4 is 0 Å². The highest BCUT2D eigenvalue weighted by Gasteiger charge is 2.18. The summed E-state index contributed by atoms with van der Waals surface area (Å²) < 4.78 is 7.69. The van der Waals surface area contributed by atoms with E-state index in [1.807, 2.05) is 66.5 Å². The van der Waals surface area contributed by atoms with Crippen LogP contribution in [0.4, 0.5) is 0 Å². The number of aldehydes is 1. The topological polar surface area (TPSA) is 57.0 Å². The lowest BCUT2D eigenvalue weighted by Crippen LogP contribution is -2.22. The molecular formula is C25H29N3O2Si. The summed E-state index contributed by atoms with van der Waals surface area (Å²) in [4.78, 5) is 16.6. The van der Waals surface area contributed by atoms with Gasteiger partial charge in [-0.25, -0.2) is 4.68 Å². The van der Waals surface area contributed by atoms with Crippen molar-refractivity contribution < 1.29 is 9.53 Å². The van der Waals surface area contributed by atoms with E-state index in [9.17, 15) is 4.79 Å². The quantitative estimate of drug-likeness (QED) is 0.209. The van der Waals surface area contributed by atoms with Crippen molar-refractivity contribution in [3.05, 3.63) is 71.7 Å². The number of aromatic nitrogens is 3. The first-order valence-electron chi connectivity index (χ1n) is 10.7. The van der Waals surface area contributed by atoms with Gasteiger partial charge in [0, 0.05) is 37.8 Å². The van der Waals surface area contributed by atoms with Crippen LogP contribution >= 0.6 is 0 Å². The molecule has 5 nitrogen and oxygen atoms in total. The number of hydrogen-bond donors (Lipinski definition) is 0. The number of rotatable bonds is 8. The molecule has 1 unspecified atom stereocenters. The molecule has 0 radical (unpaired) electrons. The van der Waals surface area contributed by atoms with Crippen molar-refractivity contribution in [2.45, 2.75) is 45.3 Å². The third-order valence-corrected chi connectivity index (χ3v) is 7.26. The summed E-state index contributed by atoms with van der Waals surface area (Å²) in [5, 5.41) is 7.85. The fraction of sp³-hybridized carbons (Fsp3) is 0.320. The third-order valence-electron chi connectivity index (χ3n) is 5.55. The average Bonchev–Trinajstić information content (AvgIpc) is 3.15. The van der Waals surface area contributed by atoms with Crippen LogP contribution in [0.3, 0.4) is 0 Å². The fourth-order valence-corrected chi connectivity index (χ4v) is 4.52. The smallest absolute Gasteiger partial charge is 0.139 e. The second-order valence-electron chi connectivity index (χ2n) is 9.36. The zero-order valence-corrected chi connectivity index (χ0v) is 19.6. The molecular weight excluding hydrogens is 402 g/mol. The molecule has 1 atom stereocenters. The maximum Gasteiger partial charge on any atom is 0.139 e. The van der Waals surface area contributed by atoms with Gasteiger partial charge in [0.1, 0.15) is 13.0 Å². The van der Waals surface area contributed by atoms with Crippen molar-refractivity contribution in [2.24, 2.45) is 0 Å². The van der Waals surface area contributed by atoms with Crippen molar-refractivity contribution in [3.8, 4) is 0 Å². The molecule has 0 saturated heterocycles. The predicted octanol–water partition coefficient (Wildman–Crippen LogP) is 5.54. The lowest BCUT2D eigenvalue weighted by Gasteiger charge is -2.15. The zero-order valence-electron chi connectivity index (χ0n) is 18.6. The molecule has 31 heavy (non-hydrogen) atoms. The summed E-state index contributed by atoms with van der Waals surface area (Å²) in [6.07, 6.45) is 4.81. The van der Waals surface area contributed by atoms with E-state index in [0.717, 1.165) is 57.4 Å². The van der Waals surface area contributed by atoms with Crippen molar-refractivity contribution in [1.29, 1.82) is 0 Å². The molecule has 0 N–H and O–H groups in total. The first kappa shape index (κ1) is 21.4. The highest BCUT2D eigenvalue weighted by Crippen LogP contribution is 2.28. The first-order chi connectivity index (χ1) is 14.8. The monoisotopic (exact) mass is 431 g/mol. The minimum atomic E-state index is -1.10. The molecule has 0 aliphatic heterocycles. The summed E-state index contributed by atoms with van der Waals surface area (Å²) >= 11 is 0. The van der Waals surface area contributed by atoms with Crippen molar-refractivity contribution in [2.75, 3.05) is 6.61 Å². The normalized spacial score (nSPS) is 13.0. The lowest BCUT2D eigenvalue weighted by atomic mass is 9.93. The zero-order chi connectivity index (χ0) is 22.0. The molecule has 0 aliphatic carbocycles. The number of ether oxygens (including phenoxy) is 1. The Bertz CT molecular complexity index is 1230. The number of hydrogen-bond acceptors (Lipinski definition) is 4. The molecule has 160 valence electrons. The third kappa shape index (κ3) is 4.92. The Balaban J connectivity index is 1.59. The predicted molar refractivity (Wildman–Crippen MR) is 128 cm³/mol. The van der Waals surface area contributed by atoms with E-state index in [1.165, 1.54) is 0 Å². The van der Waals surface area contributed by atoms with Crippen molar-refractivity contribution >= 4 is 36.0 Å². The maximum absolute atomic E-state index is 12.1. The maximum atomic E-state index is 12.1. The molecule has 0 bridgehead atoms. The van der Waals surface area contributed by atoms with Crippen LogP contribution in [0, 0.1) is 6.92 Å². The second kappa shape index (κ2) is 8.73. The molecule has 0 amide bonds. The Morgan fingerprint density at radius 3 is 2.61 bits per heavy atom. The van der Waals surface area contributed by atoms with Gasteiger partial charge in [-0.1, -0.05) is 50.0 Å². The van der Waals surface area contributed by atoms with Crippen molar-refractivity contribution in [1.82, 2.24) is 14.8 Å². The van der Waals surface area contributed by atoms with Crippen LogP contribution in [0.25, 0.3) is 21.7 Å². The van der Waals surface area contributed by atoms with Crippen molar-refractivity contribution in [3.63, 3.8) is 0 Å². The minimum absolute atomic E-state index is 0.413. The lowest BCUT2D eigenvalue weighted by molar-refractivity contribution is -0.108. The highest BCUT2D eigenvalue weighted by molar-refractivity contribution is 6.76. The molecule has 0 spiro atoms. The molecule has 6 heteroatoms. The van der Waals surface area contributed by atoms with Crippen LogP contribution in [0.2, 0.25) is 25.7 Å². The van der Waals surface area contributed by atoms with Gasteiger partial charge in [-0.15, -0.1) is 0 Å².